The zero-order valence-electron chi connectivity index (χ0n) is 13.0. The van der Waals surface area contributed by atoms with Crippen molar-refractivity contribution in [3.8, 4) is 0 Å². The van der Waals surface area contributed by atoms with Crippen LogP contribution < -0.4 is 5.73 Å². The van der Waals surface area contributed by atoms with Crippen LogP contribution in [-0.2, 0) is 23.0 Å². The van der Waals surface area contributed by atoms with E-state index in [1.54, 1.807) is 12.1 Å². The summed E-state index contributed by atoms with van der Waals surface area (Å²) >= 11 is 0. The van der Waals surface area contributed by atoms with E-state index in [9.17, 15) is 8.42 Å². The number of benzene rings is 1. The zero-order chi connectivity index (χ0) is 16.3. The molecular formula is C17H21N3O2S. The lowest BCUT2D eigenvalue weighted by Crippen LogP contribution is -2.32. The van der Waals surface area contributed by atoms with Gasteiger partial charge in [-0.15, -0.1) is 0 Å². The maximum absolute atomic E-state index is 13.0. The van der Waals surface area contributed by atoms with E-state index >= 15 is 0 Å². The molecule has 0 fully saturated rings. The number of anilines is 1. The van der Waals surface area contributed by atoms with E-state index in [1.165, 1.54) is 16.1 Å². The van der Waals surface area contributed by atoms with Crippen LogP contribution in [-0.4, -0.2) is 24.3 Å². The maximum Gasteiger partial charge on any atom is 0.262 e. The van der Waals surface area contributed by atoms with Gasteiger partial charge in [-0.05, 0) is 42.5 Å². The molecule has 5 nitrogen and oxygen atoms in total. The van der Waals surface area contributed by atoms with Gasteiger partial charge in [0.25, 0.3) is 10.0 Å². The fraction of sp³-hybridized carbons (Fsp3) is 0.353. The van der Waals surface area contributed by atoms with Crippen molar-refractivity contribution in [3.63, 3.8) is 0 Å². The molecule has 0 bridgehead atoms. The minimum Gasteiger partial charge on any atom is -0.396 e. The molecular weight excluding hydrogens is 310 g/mol. The van der Waals surface area contributed by atoms with Crippen molar-refractivity contribution in [3.05, 3.63) is 53.7 Å². The highest BCUT2D eigenvalue weighted by atomic mass is 32.2. The lowest BCUT2D eigenvalue weighted by molar-refractivity contribution is 0.396. The van der Waals surface area contributed by atoms with Crippen molar-refractivity contribution in [1.29, 1.82) is 0 Å². The molecule has 2 aromatic rings. The molecule has 0 spiro atoms. The van der Waals surface area contributed by atoms with Crippen molar-refractivity contribution in [2.75, 3.05) is 12.3 Å². The topological polar surface area (TPSA) is 76.3 Å². The molecule has 0 amide bonds. The van der Waals surface area contributed by atoms with Crippen LogP contribution in [0.15, 0.2) is 47.6 Å². The number of aromatic nitrogens is 1. The average Bonchev–Trinajstić information content (AvgIpc) is 2.65. The van der Waals surface area contributed by atoms with E-state index in [-0.39, 0.29) is 10.7 Å². The van der Waals surface area contributed by atoms with Crippen molar-refractivity contribution in [2.24, 2.45) is 0 Å². The van der Waals surface area contributed by atoms with Gasteiger partial charge in [0.15, 0.2) is 5.03 Å². The molecule has 122 valence electrons. The first-order valence-corrected chi connectivity index (χ1v) is 9.30. The third kappa shape index (κ3) is 3.38. The number of nitrogens with two attached hydrogens (primary N) is 1. The average molecular weight is 331 g/mol. The molecule has 1 aromatic heterocycles. The smallest absolute Gasteiger partial charge is 0.262 e. The Labute approximate surface area is 137 Å². The lowest BCUT2D eigenvalue weighted by atomic mass is 10.0. The summed E-state index contributed by atoms with van der Waals surface area (Å²) in [7, 11) is -3.69. The van der Waals surface area contributed by atoms with E-state index < -0.39 is 10.0 Å². The molecule has 0 atom stereocenters. The molecule has 2 N–H and O–H groups in total. The SMILES string of the molecule is Nc1cccnc1S(=O)(=O)N1CCCCCc2ccccc2C1. The highest BCUT2D eigenvalue weighted by Crippen LogP contribution is 2.25. The summed E-state index contributed by atoms with van der Waals surface area (Å²) in [4.78, 5) is 4.00. The van der Waals surface area contributed by atoms with Gasteiger partial charge in [-0.3, -0.25) is 0 Å². The van der Waals surface area contributed by atoms with Crippen LogP contribution in [0.3, 0.4) is 0 Å². The highest BCUT2D eigenvalue weighted by molar-refractivity contribution is 7.89. The predicted octanol–water partition coefficient (Wildman–Crippen LogP) is 2.58. The highest BCUT2D eigenvalue weighted by Gasteiger charge is 2.28. The van der Waals surface area contributed by atoms with E-state index in [2.05, 4.69) is 11.1 Å². The van der Waals surface area contributed by atoms with Crippen LogP contribution in [0, 0.1) is 0 Å². The number of hydrogen-bond donors (Lipinski definition) is 1. The molecule has 0 aliphatic carbocycles. The summed E-state index contributed by atoms with van der Waals surface area (Å²) in [6, 6.07) is 11.3. The van der Waals surface area contributed by atoms with Gasteiger partial charge in [0, 0.05) is 19.3 Å². The fourth-order valence-electron chi connectivity index (χ4n) is 2.95. The summed E-state index contributed by atoms with van der Waals surface area (Å²) in [6.45, 7) is 0.862. The molecule has 0 radical (unpaired) electrons. The monoisotopic (exact) mass is 331 g/mol. The van der Waals surface area contributed by atoms with Crippen LogP contribution in [0.1, 0.15) is 30.4 Å². The van der Waals surface area contributed by atoms with Crippen LogP contribution >= 0.6 is 0 Å². The van der Waals surface area contributed by atoms with Crippen molar-refractivity contribution >= 4 is 15.7 Å². The Balaban J connectivity index is 1.99. The van der Waals surface area contributed by atoms with Crippen molar-refractivity contribution < 1.29 is 8.42 Å². The van der Waals surface area contributed by atoms with Gasteiger partial charge in [-0.1, -0.05) is 30.7 Å². The van der Waals surface area contributed by atoms with Gasteiger partial charge in [-0.2, -0.15) is 4.31 Å². The number of nitrogen functional groups attached to an aromatic ring is 1. The minimum atomic E-state index is -3.69. The Morgan fingerprint density at radius 1 is 1.00 bits per heavy atom. The van der Waals surface area contributed by atoms with Crippen LogP contribution in [0.25, 0.3) is 0 Å². The molecule has 0 unspecified atom stereocenters. The van der Waals surface area contributed by atoms with Crippen molar-refractivity contribution in [1.82, 2.24) is 9.29 Å². The Morgan fingerprint density at radius 3 is 2.57 bits per heavy atom. The summed E-state index contributed by atoms with van der Waals surface area (Å²) < 4.78 is 27.5. The minimum absolute atomic E-state index is 0.0447. The van der Waals surface area contributed by atoms with Gasteiger partial charge in [0.05, 0.1) is 5.69 Å². The second-order valence-electron chi connectivity index (χ2n) is 5.82. The first-order chi connectivity index (χ1) is 11.1. The second-order valence-corrected chi connectivity index (χ2v) is 7.67. The number of nitrogens with zero attached hydrogens (tertiary/aromatic N) is 2. The Hall–Kier alpha value is -1.92. The van der Waals surface area contributed by atoms with E-state index in [4.69, 9.17) is 5.73 Å². The standard InChI is InChI=1S/C17H21N3O2S/c18-16-10-6-11-19-17(16)23(21,22)20-12-5-1-2-7-14-8-3-4-9-15(14)13-20/h3-4,6,8-11H,1-2,5,7,12-13,18H2. The third-order valence-electron chi connectivity index (χ3n) is 4.20. The zero-order valence-corrected chi connectivity index (χ0v) is 13.8. The molecule has 2 heterocycles. The largest absolute Gasteiger partial charge is 0.396 e. The molecule has 0 saturated carbocycles. The maximum atomic E-state index is 13.0. The van der Waals surface area contributed by atoms with Gasteiger partial charge in [0.2, 0.25) is 0 Å². The van der Waals surface area contributed by atoms with E-state index in [0.29, 0.717) is 13.1 Å². The first-order valence-electron chi connectivity index (χ1n) is 7.86. The molecule has 23 heavy (non-hydrogen) atoms. The van der Waals surface area contributed by atoms with Crippen molar-refractivity contribution in [2.45, 2.75) is 37.3 Å². The molecule has 1 aromatic carbocycles. The Kier molecular flexibility index (Phi) is 4.63. The summed E-state index contributed by atoms with van der Waals surface area (Å²) in [5.41, 5.74) is 8.32. The molecule has 1 aliphatic rings. The number of fused-ring (bicyclic) bond motifs is 1. The number of sulfonamides is 1. The third-order valence-corrected chi connectivity index (χ3v) is 6.02. The van der Waals surface area contributed by atoms with Gasteiger partial charge in [0.1, 0.15) is 0 Å². The van der Waals surface area contributed by atoms with Crippen LogP contribution in [0.5, 0.6) is 0 Å². The van der Waals surface area contributed by atoms with Gasteiger partial charge in [-0.25, -0.2) is 13.4 Å². The number of pyridine rings is 1. The van der Waals surface area contributed by atoms with Crippen LogP contribution in [0.2, 0.25) is 0 Å². The first kappa shape index (κ1) is 16.0. The molecule has 3 rings (SSSR count). The molecule has 6 heteroatoms. The van der Waals surface area contributed by atoms with E-state index in [0.717, 1.165) is 31.2 Å². The van der Waals surface area contributed by atoms with E-state index in [1.807, 2.05) is 18.2 Å². The predicted molar refractivity (Wildman–Crippen MR) is 90.2 cm³/mol. The quantitative estimate of drug-likeness (QED) is 0.917. The summed E-state index contributed by atoms with van der Waals surface area (Å²) in [5, 5.41) is -0.0447. The fourth-order valence-corrected chi connectivity index (χ4v) is 4.43. The van der Waals surface area contributed by atoms with Gasteiger partial charge < -0.3 is 5.73 Å². The summed E-state index contributed by atoms with van der Waals surface area (Å²) in [5.74, 6) is 0. The Morgan fingerprint density at radius 2 is 1.78 bits per heavy atom. The lowest BCUT2D eigenvalue weighted by Gasteiger charge is -2.22. The summed E-state index contributed by atoms with van der Waals surface area (Å²) in [6.07, 6.45) is 5.40. The van der Waals surface area contributed by atoms with Crippen LogP contribution in [0.4, 0.5) is 5.69 Å². The normalized spacial score (nSPS) is 16.9. The molecule has 0 saturated heterocycles. The number of aryl methyl sites for hydroxylation is 1. The number of rotatable bonds is 2. The number of hydrogen-bond acceptors (Lipinski definition) is 4. The second kappa shape index (κ2) is 6.68. The van der Waals surface area contributed by atoms with Gasteiger partial charge >= 0.3 is 0 Å². The Bertz CT molecular complexity index is 790. The molecule has 1 aliphatic heterocycles.